The van der Waals surface area contributed by atoms with Gasteiger partial charge >= 0.3 is 0 Å². The van der Waals surface area contributed by atoms with Gasteiger partial charge in [-0.3, -0.25) is 4.79 Å². The number of aromatic nitrogens is 4. The van der Waals surface area contributed by atoms with E-state index in [2.05, 4.69) is 26.0 Å². The van der Waals surface area contributed by atoms with Crippen LogP contribution >= 0.6 is 0 Å². The van der Waals surface area contributed by atoms with Crippen LogP contribution in [0.15, 0.2) is 0 Å². The number of aryl methyl sites for hydroxylation is 1. The van der Waals surface area contributed by atoms with Crippen LogP contribution in [0.5, 0.6) is 0 Å². The van der Waals surface area contributed by atoms with Crippen LogP contribution in [0.2, 0.25) is 0 Å². The molecule has 4 bridgehead atoms. The first-order valence-corrected chi connectivity index (χ1v) is 10.8. The summed E-state index contributed by atoms with van der Waals surface area (Å²) in [7, 11) is 0. The van der Waals surface area contributed by atoms with E-state index in [4.69, 9.17) is 0 Å². The van der Waals surface area contributed by atoms with Crippen LogP contribution in [-0.2, 0) is 10.3 Å². The first-order chi connectivity index (χ1) is 13.0. The van der Waals surface area contributed by atoms with Crippen molar-refractivity contribution >= 4 is 5.91 Å². The van der Waals surface area contributed by atoms with Gasteiger partial charge in [0, 0.05) is 11.6 Å². The van der Waals surface area contributed by atoms with Crippen molar-refractivity contribution in [3.05, 3.63) is 5.82 Å². The van der Waals surface area contributed by atoms with E-state index in [-0.39, 0.29) is 23.0 Å². The molecule has 148 valence electrons. The van der Waals surface area contributed by atoms with E-state index < -0.39 is 0 Å². The Hall–Kier alpha value is -1.50. The Bertz CT molecular complexity index is 710. The molecule has 1 aromatic rings. The Balaban J connectivity index is 1.33. The predicted molar refractivity (Wildman–Crippen MR) is 101 cm³/mol. The van der Waals surface area contributed by atoms with Gasteiger partial charge in [0.25, 0.3) is 0 Å². The second-order valence-electron chi connectivity index (χ2n) is 9.95. The van der Waals surface area contributed by atoms with Crippen molar-refractivity contribution in [2.24, 2.45) is 11.8 Å². The lowest BCUT2D eigenvalue weighted by Crippen LogP contribution is -2.67. The Kier molecular flexibility index (Phi) is 4.08. The van der Waals surface area contributed by atoms with Crippen LogP contribution in [0.25, 0.3) is 0 Å². The summed E-state index contributed by atoms with van der Waals surface area (Å²) < 4.78 is 0. The van der Waals surface area contributed by atoms with Gasteiger partial charge in [0.15, 0.2) is 5.82 Å². The highest BCUT2D eigenvalue weighted by Gasteiger charge is 2.60. The van der Waals surface area contributed by atoms with E-state index in [0.717, 1.165) is 37.9 Å². The van der Waals surface area contributed by atoms with Crippen molar-refractivity contribution in [1.29, 1.82) is 0 Å². The van der Waals surface area contributed by atoms with Gasteiger partial charge in [-0.1, -0.05) is 12.8 Å². The van der Waals surface area contributed by atoms with Gasteiger partial charge in [0.05, 0.1) is 11.6 Å². The molecule has 0 unspecified atom stereocenters. The monoisotopic (exact) mass is 372 g/mol. The maximum Gasteiger partial charge on any atom is 0.237 e. The van der Waals surface area contributed by atoms with Crippen molar-refractivity contribution in [2.75, 3.05) is 0 Å². The van der Waals surface area contributed by atoms with E-state index in [1.54, 1.807) is 0 Å². The topological polar surface area (TPSA) is 84.7 Å². The Labute approximate surface area is 161 Å². The van der Waals surface area contributed by atoms with E-state index >= 15 is 0 Å². The van der Waals surface area contributed by atoms with E-state index in [0.29, 0.717) is 17.9 Å². The molecule has 1 amide bonds. The third kappa shape index (κ3) is 3.08. The van der Waals surface area contributed by atoms with Crippen LogP contribution in [0.3, 0.4) is 0 Å². The molecule has 27 heavy (non-hydrogen) atoms. The molecule has 0 aromatic carbocycles. The molecule has 0 spiro atoms. The fourth-order valence-electron chi connectivity index (χ4n) is 7.02. The summed E-state index contributed by atoms with van der Waals surface area (Å²) in [6, 6.07) is 0.233. The smallest absolute Gasteiger partial charge is 0.237 e. The average Bonchev–Trinajstić information content (AvgIpc) is 3.25. The minimum atomic E-state index is -0.149. The number of rotatable bonds is 5. The number of carbonyl (C=O) groups excluding carboxylic acids is 1. The summed E-state index contributed by atoms with van der Waals surface area (Å²) in [5.74, 6) is 2.32. The van der Waals surface area contributed by atoms with Crippen LogP contribution in [0.4, 0.5) is 0 Å². The SMILES string of the molecule is Cc1nnn(C23C[C@H]4C[C@@H](CC(N[C@H](C)C(=O)NC5CCCC5)(C4)C2)C3)n1. The molecule has 0 aliphatic heterocycles. The number of hydrogen-bond acceptors (Lipinski definition) is 5. The molecule has 3 atom stereocenters. The van der Waals surface area contributed by atoms with Crippen molar-refractivity contribution in [2.45, 2.75) is 101 Å². The van der Waals surface area contributed by atoms with Crippen LogP contribution in [0.1, 0.15) is 77.0 Å². The molecule has 1 heterocycles. The first kappa shape index (κ1) is 17.6. The predicted octanol–water partition coefficient (Wildman–Crippen LogP) is 2.07. The lowest BCUT2D eigenvalue weighted by Gasteiger charge is -2.61. The first-order valence-electron chi connectivity index (χ1n) is 10.8. The van der Waals surface area contributed by atoms with Gasteiger partial charge in [-0.25, -0.2) is 0 Å². The molecule has 0 radical (unpaired) electrons. The van der Waals surface area contributed by atoms with Gasteiger partial charge in [-0.2, -0.15) is 4.80 Å². The molecular formula is C20H32N6O. The van der Waals surface area contributed by atoms with Crippen molar-refractivity contribution in [3.63, 3.8) is 0 Å². The Morgan fingerprint density at radius 2 is 1.89 bits per heavy atom. The number of carbonyl (C=O) groups is 1. The molecule has 5 aliphatic carbocycles. The zero-order chi connectivity index (χ0) is 18.6. The number of amides is 1. The zero-order valence-corrected chi connectivity index (χ0v) is 16.6. The minimum absolute atomic E-state index is 0.0139. The second kappa shape index (κ2) is 6.26. The Morgan fingerprint density at radius 1 is 1.19 bits per heavy atom. The third-order valence-electron chi connectivity index (χ3n) is 7.59. The van der Waals surface area contributed by atoms with Crippen molar-refractivity contribution < 1.29 is 4.79 Å². The quantitative estimate of drug-likeness (QED) is 0.826. The molecule has 2 N–H and O–H groups in total. The number of hydrogen-bond donors (Lipinski definition) is 2. The van der Waals surface area contributed by atoms with Gasteiger partial charge in [0.2, 0.25) is 5.91 Å². The maximum atomic E-state index is 12.8. The zero-order valence-electron chi connectivity index (χ0n) is 16.6. The van der Waals surface area contributed by atoms with Gasteiger partial charge in [-0.15, -0.1) is 10.2 Å². The summed E-state index contributed by atoms with van der Waals surface area (Å²) in [6.45, 7) is 3.95. The summed E-state index contributed by atoms with van der Waals surface area (Å²) >= 11 is 0. The fourth-order valence-corrected chi connectivity index (χ4v) is 7.02. The molecule has 5 saturated carbocycles. The highest BCUT2D eigenvalue weighted by atomic mass is 16.2. The summed E-state index contributed by atoms with van der Waals surface area (Å²) in [5.41, 5.74) is 0.0258. The highest BCUT2D eigenvalue weighted by Crippen LogP contribution is 2.60. The number of nitrogens with zero attached hydrogens (tertiary/aromatic N) is 4. The van der Waals surface area contributed by atoms with E-state index in [1.807, 2.05) is 18.6 Å². The molecule has 5 fully saturated rings. The maximum absolute atomic E-state index is 12.8. The van der Waals surface area contributed by atoms with E-state index in [9.17, 15) is 4.79 Å². The van der Waals surface area contributed by atoms with Gasteiger partial charge < -0.3 is 10.6 Å². The third-order valence-corrected chi connectivity index (χ3v) is 7.59. The molecule has 7 nitrogen and oxygen atoms in total. The highest BCUT2D eigenvalue weighted by molar-refractivity contribution is 5.81. The molecule has 1 aromatic heterocycles. The van der Waals surface area contributed by atoms with Crippen LogP contribution in [0, 0.1) is 18.8 Å². The summed E-state index contributed by atoms with van der Waals surface area (Å²) in [6.07, 6.45) is 11.8. The average molecular weight is 373 g/mol. The molecule has 7 heteroatoms. The van der Waals surface area contributed by atoms with E-state index in [1.165, 1.54) is 32.1 Å². The normalized spacial score (nSPS) is 39.0. The lowest BCUT2D eigenvalue weighted by molar-refractivity contribution is -0.127. The van der Waals surface area contributed by atoms with Crippen LogP contribution < -0.4 is 10.6 Å². The number of tetrazole rings is 1. The van der Waals surface area contributed by atoms with Gasteiger partial charge in [-0.05, 0) is 82.3 Å². The van der Waals surface area contributed by atoms with Crippen molar-refractivity contribution in [3.8, 4) is 0 Å². The van der Waals surface area contributed by atoms with Crippen LogP contribution in [-0.4, -0.2) is 43.7 Å². The standard InChI is InChI=1S/C20H32N6O/c1-13(18(27)21-17-5-3-4-6-17)22-19-8-15-7-16(9-19)11-20(10-15,12-19)26-24-14(2)23-25-26/h13,15-17,22H,3-12H2,1-2H3,(H,21,27)/t13-,15+,16+,19?,20?/m1/s1. The second-order valence-corrected chi connectivity index (χ2v) is 9.95. The van der Waals surface area contributed by atoms with Gasteiger partial charge in [0.1, 0.15) is 0 Å². The fraction of sp³-hybridized carbons (Fsp3) is 0.900. The molecule has 5 aliphatic rings. The summed E-state index contributed by atoms with van der Waals surface area (Å²) in [5, 5.41) is 20.2. The Morgan fingerprint density at radius 3 is 2.52 bits per heavy atom. The lowest BCUT2D eigenvalue weighted by atomic mass is 9.50. The minimum Gasteiger partial charge on any atom is -0.352 e. The summed E-state index contributed by atoms with van der Waals surface area (Å²) in [4.78, 5) is 14.7. The molecule has 0 saturated heterocycles. The van der Waals surface area contributed by atoms with Crippen molar-refractivity contribution in [1.82, 2.24) is 30.8 Å². The molecular weight excluding hydrogens is 340 g/mol. The molecule has 6 rings (SSSR count). The largest absolute Gasteiger partial charge is 0.352 e. The number of nitrogens with one attached hydrogen (secondary N) is 2.